The first kappa shape index (κ1) is 27.3. The van der Waals surface area contributed by atoms with Crippen LogP contribution in [0.1, 0.15) is 0 Å². The van der Waals surface area contributed by atoms with E-state index in [-0.39, 0.29) is 0 Å². The summed E-state index contributed by atoms with van der Waals surface area (Å²) in [6.07, 6.45) is 0. The van der Waals surface area contributed by atoms with Gasteiger partial charge in [0.15, 0.2) is 0 Å². The lowest BCUT2D eigenvalue weighted by Crippen LogP contribution is -1.99. The molecule has 11 aromatic rings. The van der Waals surface area contributed by atoms with Crippen LogP contribution in [0.4, 0.5) is 0 Å². The molecule has 50 heavy (non-hydrogen) atoms. The summed E-state index contributed by atoms with van der Waals surface area (Å²) in [5.74, 6) is 0. The molecule has 0 saturated carbocycles. The number of hydrogen-bond donors (Lipinski definition) is 0. The maximum Gasteiger partial charge on any atom is 0.0620 e. The molecule has 11 rings (SSSR count). The molecule has 0 amide bonds. The number of hydrogen-bond acceptors (Lipinski definition) is 0. The number of nitrogens with zero attached hydrogens (tertiary/aromatic N) is 2. The molecule has 0 unspecified atom stereocenters. The van der Waals surface area contributed by atoms with Gasteiger partial charge in [0.2, 0.25) is 0 Å². The highest BCUT2D eigenvalue weighted by Gasteiger charge is 2.25. The first-order valence-electron chi connectivity index (χ1n) is 17.3. The summed E-state index contributed by atoms with van der Waals surface area (Å²) in [7, 11) is 0. The summed E-state index contributed by atoms with van der Waals surface area (Å²) in [5.41, 5.74) is 10.8. The van der Waals surface area contributed by atoms with Gasteiger partial charge < -0.3 is 9.13 Å². The molecule has 0 atom stereocenters. The highest BCUT2D eigenvalue weighted by molar-refractivity contribution is 6.30. The Morgan fingerprint density at radius 3 is 1.74 bits per heavy atom. The predicted octanol–water partition coefficient (Wildman–Crippen LogP) is 13.0. The molecule has 0 aliphatic carbocycles. The van der Waals surface area contributed by atoms with Gasteiger partial charge in [-0.25, -0.2) is 0 Å². The fraction of sp³-hybridized carbons (Fsp3) is 0. The van der Waals surface area contributed by atoms with Gasteiger partial charge in [0.25, 0.3) is 0 Å². The van der Waals surface area contributed by atoms with Crippen molar-refractivity contribution in [2.45, 2.75) is 0 Å². The maximum atomic E-state index is 2.55. The molecule has 0 aliphatic heterocycles. The molecule has 2 nitrogen and oxygen atoms in total. The van der Waals surface area contributed by atoms with E-state index in [9.17, 15) is 0 Å². The third kappa shape index (κ3) is 3.79. The van der Waals surface area contributed by atoms with Crippen molar-refractivity contribution in [1.29, 1.82) is 0 Å². The smallest absolute Gasteiger partial charge is 0.0620 e. The number of benzene rings is 9. The Kier molecular flexibility index (Phi) is 5.70. The molecule has 0 fully saturated rings. The van der Waals surface area contributed by atoms with Crippen LogP contribution in [0.2, 0.25) is 0 Å². The van der Waals surface area contributed by atoms with Crippen LogP contribution in [0.15, 0.2) is 182 Å². The lowest BCUT2D eigenvalue weighted by Gasteiger charge is -2.16. The van der Waals surface area contributed by atoms with Gasteiger partial charge in [-0.3, -0.25) is 0 Å². The fourth-order valence-corrected chi connectivity index (χ4v) is 8.56. The van der Waals surface area contributed by atoms with E-state index < -0.39 is 0 Å². The average Bonchev–Trinajstić information content (AvgIpc) is 3.71. The van der Waals surface area contributed by atoms with Crippen molar-refractivity contribution < 1.29 is 0 Å². The summed E-state index contributed by atoms with van der Waals surface area (Å²) in [6.45, 7) is 0. The Morgan fingerprint density at radius 2 is 0.960 bits per heavy atom. The van der Waals surface area contributed by atoms with Gasteiger partial charge >= 0.3 is 0 Å². The van der Waals surface area contributed by atoms with Crippen LogP contribution in [0.3, 0.4) is 0 Å². The summed E-state index contributed by atoms with van der Waals surface area (Å²) in [6, 6.07) is 66.7. The average molecular weight is 635 g/mol. The van der Waals surface area contributed by atoms with E-state index >= 15 is 0 Å². The van der Waals surface area contributed by atoms with Gasteiger partial charge in [-0.2, -0.15) is 0 Å². The Balaban J connectivity index is 1.34. The van der Waals surface area contributed by atoms with Crippen LogP contribution in [-0.4, -0.2) is 9.13 Å². The highest BCUT2D eigenvalue weighted by atomic mass is 15.0. The second-order valence-corrected chi connectivity index (χ2v) is 13.3. The molecule has 0 N–H and O–H groups in total. The normalized spacial score (nSPS) is 12.0. The third-order valence-electron chi connectivity index (χ3n) is 10.6. The minimum atomic E-state index is 1.15. The van der Waals surface area contributed by atoms with Crippen LogP contribution in [0.25, 0.3) is 98.8 Å². The van der Waals surface area contributed by atoms with E-state index in [2.05, 4.69) is 191 Å². The molecule has 2 heterocycles. The van der Waals surface area contributed by atoms with Gasteiger partial charge in [-0.15, -0.1) is 0 Å². The molecule has 9 aromatic carbocycles. The van der Waals surface area contributed by atoms with Crippen molar-refractivity contribution in [2.75, 3.05) is 0 Å². The topological polar surface area (TPSA) is 9.86 Å². The zero-order valence-electron chi connectivity index (χ0n) is 27.2. The lowest BCUT2D eigenvalue weighted by atomic mass is 9.91. The van der Waals surface area contributed by atoms with Crippen molar-refractivity contribution in [2.24, 2.45) is 0 Å². The molecular formula is C48H30N2. The summed E-state index contributed by atoms with van der Waals surface area (Å²) in [4.78, 5) is 0. The van der Waals surface area contributed by atoms with Crippen molar-refractivity contribution in [1.82, 2.24) is 9.13 Å². The van der Waals surface area contributed by atoms with E-state index in [0.29, 0.717) is 0 Å². The van der Waals surface area contributed by atoms with Crippen molar-refractivity contribution in [3.05, 3.63) is 182 Å². The van der Waals surface area contributed by atoms with Crippen LogP contribution in [-0.2, 0) is 0 Å². The molecule has 2 aromatic heterocycles. The van der Waals surface area contributed by atoms with Crippen LogP contribution in [0.5, 0.6) is 0 Å². The first-order valence-corrected chi connectivity index (χ1v) is 17.3. The Hall–Kier alpha value is -6.64. The van der Waals surface area contributed by atoms with Gasteiger partial charge in [-0.05, 0) is 80.5 Å². The van der Waals surface area contributed by atoms with E-state index in [1.165, 1.54) is 87.4 Å². The summed E-state index contributed by atoms with van der Waals surface area (Å²) < 4.78 is 4.94. The second kappa shape index (κ2) is 10.4. The van der Waals surface area contributed by atoms with Crippen LogP contribution in [0, 0.1) is 0 Å². The minimum absolute atomic E-state index is 1.15. The zero-order valence-corrected chi connectivity index (χ0v) is 27.2. The fourth-order valence-electron chi connectivity index (χ4n) is 8.56. The van der Waals surface area contributed by atoms with Crippen molar-refractivity contribution in [3.63, 3.8) is 0 Å². The SMILES string of the molecule is c1ccc(-c2c(-c3ccccc3)n(-c3ccc4c(c3)c3ccccc3n4-c3ccccc3)c3c2cc2ccc4cccc5ccc3c2c45)cc1. The quantitative estimate of drug-likeness (QED) is 0.171. The maximum absolute atomic E-state index is 2.55. The van der Waals surface area contributed by atoms with E-state index in [0.717, 1.165) is 11.4 Å². The van der Waals surface area contributed by atoms with Gasteiger partial charge in [0, 0.05) is 38.5 Å². The van der Waals surface area contributed by atoms with E-state index in [4.69, 9.17) is 0 Å². The van der Waals surface area contributed by atoms with Crippen molar-refractivity contribution >= 4 is 65.0 Å². The molecule has 0 radical (unpaired) electrons. The standard InChI is InChI=1S/C48H30N2/c1-4-13-31(14-5-1)46-41-29-35-24-23-32-17-12-18-33-25-27-39(45(35)44(32)33)48(41)50(47(46)34-15-6-2-7-16-34)37-26-28-43-40(30-37)38-21-10-11-22-42(38)49(43)36-19-8-3-9-20-36/h1-30H. The molecular weight excluding hydrogens is 605 g/mol. The number of aromatic nitrogens is 2. The molecule has 2 heteroatoms. The molecule has 0 bridgehead atoms. The van der Waals surface area contributed by atoms with Crippen LogP contribution < -0.4 is 0 Å². The molecule has 0 spiro atoms. The first-order chi connectivity index (χ1) is 24.8. The van der Waals surface area contributed by atoms with Crippen LogP contribution >= 0.6 is 0 Å². The zero-order chi connectivity index (χ0) is 32.8. The Morgan fingerprint density at radius 1 is 0.320 bits per heavy atom. The summed E-state index contributed by atoms with van der Waals surface area (Å²) >= 11 is 0. The second-order valence-electron chi connectivity index (χ2n) is 13.3. The Labute approximate surface area is 289 Å². The lowest BCUT2D eigenvalue weighted by molar-refractivity contribution is 1.14. The highest BCUT2D eigenvalue weighted by Crippen LogP contribution is 2.48. The van der Waals surface area contributed by atoms with Gasteiger partial charge in [0.05, 0.1) is 22.2 Å². The number of fused-ring (bicyclic) bond motifs is 5. The van der Waals surface area contributed by atoms with E-state index in [1.807, 2.05) is 0 Å². The number of rotatable bonds is 4. The monoisotopic (exact) mass is 634 g/mol. The minimum Gasteiger partial charge on any atom is -0.309 e. The van der Waals surface area contributed by atoms with Gasteiger partial charge in [0.1, 0.15) is 0 Å². The Bertz CT molecular complexity index is 3040. The third-order valence-corrected chi connectivity index (χ3v) is 10.6. The number of para-hydroxylation sites is 2. The van der Waals surface area contributed by atoms with E-state index in [1.54, 1.807) is 0 Å². The van der Waals surface area contributed by atoms with Crippen molar-refractivity contribution in [3.8, 4) is 33.8 Å². The largest absolute Gasteiger partial charge is 0.309 e. The van der Waals surface area contributed by atoms with Gasteiger partial charge in [-0.1, -0.05) is 140 Å². The molecule has 0 aliphatic rings. The molecule has 0 saturated heterocycles. The predicted molar refractivity (Wildman–Crippen MR) is 212 cm³/mol. The summed E-state index contributed by atoms with van der Waals surface area (Å²) in [5, 5.41) is 11.5. The molecule has 232 valence electrons.